The Balaban J connectivity index is 1.63. The zero-order chi connectivity index (χ0) is 24.3. The van der Waals surface area contributed by atoms with Crippen molar-refractivity contribution in [1.82, 2.24) is 20.6 Å². The Morgan fingerprint density at radius 1 is 0.853 bits per heavy atom. The molecule has 34 heavy (non-hydrogen) atoms. The van der Waals surface area contributed by atoms with Crippen molar-refractivity contribution < 1.29 is 18.0 Å². The molecule has 4 rings (SSSR count). The fourth-order valence-corrected chi connectivity index (χ4v) is 3.87. The van der Waals surface area contributed by atoms with Crippen molar-refractivity contribution in [1.29, 1.82) is 0 Å². The van der Waals surface area contributed by atoms with Gasteiger partial charge in [0, 0.05) is 16.1 Å². The Morgan fingerprint density at radius 3 is 2.18 bits per heavy atom. The SMILES string of the molecule is NS(=O)(=O)c1ccc(-n2nc(C(=O)NNC(=O)c3cccc(Cl)c3)cc2-c2ccccc2)cc1. The second-order valence-electron chi connectivity index (χ2n) is 7.15. The molecule has 4 aromatic rings. The number of primary sulfonamides is 1. The summed E-state index contributed by atoms with van der Waals surface area (Å²) < 4.78 is 24.6. The Hall–Kier alpha value is -3.99. The third-order valence-electron chi connectivity index (χ3n) is 4.80. The number of carbonyl (C=O) groups is 2. The predicted molar refractivity (Wildman–Crippen MR) is 127 cm³/mol. The van der Waals surface area contributed by atoms with Crippen molar-refractivity contribution in [2.45, 2.75) is 4.90 Å². The number of hydrogen-bond donors (Lipinski definition) is 3. The number of aromatic nitrogens is 2. The number of carbonyl (C=O) groups excluding carboxylic acids is 2. The van der Waals surface area contributed by atoms with Gasteiger partial charge in [-0.1, -0.05) is 48.0 Å². The maximum Gasteiger partial charge on any atom is 0.290 e. The van der Waals surface area contributed by atoms with Gasteiger partial charge < -0.3 is 0 Å². The minimum absolute atomic E-state index is 0.0285. The van der Waals surface area contributed by atoms with Crippen LogP contribution in [0, 0.1) is 0 Å². The summed E-state index contributed by atoms with van der Waals surface area (Å²) in [6.45, 7) is 0. The average molecular weight is 496 g/mol. The lowest BCUT2D eigenvalue weighted by atomic mass is 10.1. The molecule has 4 N–H and O–H groups in total. The van der Waals surface area contributed by atoms with E-state index in [2.05, 4.69) is 16.0 Å². The van der Waals surface area contributed by atoms with Crippen LogP contribution in [-0.4, -0.2) is 30.0 Å². The molecular weight excluding hydrogens is 478 g/mol. The molecule has 2 amide bonds. The summed E-state index contributed by atoms with van der Waals surface area (Å²) in [7, 11) is -3.86. The van der Waals surface area contributed by atoms with Gasteiger partial charge in [0.25, 0.3) is 11.8 Å². The van der Waals surface area contributed by atoms with Crippen LogP contribution in [0.1, 0.15) is 20.8 Å². The lowest BCUT2D eigenvalue weighted by Gasteiger charge is -2.08. The van der Waals surface area contributed by atoms with Gasteiger partial charge >= 0.3 is 0 Å². The van der Waals surface area contributed by atoms with Crippen LogP contribution in [0.3, 0.4) is 0 Å². The van der Waals surface area contributed by atoms with Crippen LogP contribution in [0.15, 0.2) is 89.8 Å². The van der Waals surface area contributed by atoms with Crippen LogP contribution in [0.5, 0.6) is 0 Å². The molecule has 0 aliphatic heterocycles. The number of halogens is 1. The van der Waals surface area contributed by atoms with Crippen molar-refractivity contribution in [3.05, 3.63) is 101 Å². The molecule has 1 aromatic heterocycles. The summed E-state index contributed by atoms with van der Waals surface area (Å²) in [6, 6.07) is 22.8. The molecular formula is C23H18ClN5O4S. The highest BCUT2D eigenvalue weighted by Crippen LogP contribution is 2.24. The van der Waals surface area contributed by atoms with E-state index in [1.165, 1.54) is 35.0 Å². The van der Waals surface area contributed by atoms with Crippen LogP contribution in [0.4, 0.5) is 0 Å². The maximum absolute atomic E-state index is 12.7. The Bertz CT molecular complexity index is 1470. The van der Waals surface area contributed by atoms with Crippen molar-refractivity contribution in [2.24, 2.45) is 5.14 Å². The van der Waals surface area contributed by atoms with E-state index in [1.807, 2.05) is 30.3 Å². The van der Waals surface area contributed by atoms with Crippen LogP contribution in [0.2, 0.25) is 5.02 Å². The smallest absolute Gasteiger partial charge is 0.267 e. The van der Waals surface area contributed by atoms with Gasteiger partial charge in [-0.3, -0.25) is 20.4 Å². The number of nitrogens with two attached hydrogens (primary N) is 1. The second-order valence-corrected chi connectivity index (χ2v) is 9.15. The van der Waals surface area contributed by atoms with E-state index in [1.54, 1.807) is 24.3 Å². The summed E-state index contributed by atoms with van der Waals surface area (Å²) >= 11 is 5.90. The first-order chi connectivity index (χ1) is 16.2. The second kappa shape index (κ2) is 9.48. The highest BCUT2D eigenvalue weighted by molar-refractivity contribution is 7.89. The molecule has 0 aliphatic carbocycles. The normalized spacial score (nSPS) is 11.1. The van der Waals surface area contributed by atoms with Gasteiger partial charge in [-0.2, -0.15) is 5.10 Å². The Kier molecular flexibility index (Phi) is 6.46. The predicted octanol–water partition coefficient (Wildman–Crippen LogP) is 2.91. The highest BCUT2D eigenvalue weighted by Gasteiger charge is 2.18. The number of amides is 2. The number of rotatable bonds is 5. The van der Waals surface area contributed by atoms with E-state index in [9.17, 15) is 18.0 Å². The molecule has 0 bridgehead atoms. The summed E-state index contributed by atoms with van der Waals surface area (Å²) in [5, 5.41) is 9.93. The molecule has 0 spiro atoms. The Labute approximate surface area is 200 Å². The van der Waals surface area contributed by atoms with Gasteiger partial charge in [0.15, 0.2) is 5.69 Å². The van der Waals surface area contributed by atoms with E-state index >= 15 is 0 Å². The molecule has 172 valence electrons. The average Bonchev–Trinajstić information content (AvgIpc) is 3.28. The summed E-state index contributed by atoms with van der Waals surface area (Å²) in [5.41, 5.74) is 6.83. The molecule has 0 atom stereocenters. The number of sulfonamides is 1. The van der Waals surface area contributed by atoms with E-state index in [0.717, 1.165) is 5.56 Å². The standard InChI is InChI=1S/C23H18ClN5O4S/c24-17-8-4-7-16(13-17)22(30)26-27-23(31)20-14-21(15-5-2-1-3-6-15)29(28-20)18-9-11-19(12-10-18)34(25,32)33/h1-14H,(H,26,30)(H,27,31)(H2,25,32,33). The molecule has 1 heterocycles. The van der Waals surface area contributed by atoms with Crippen LogP contribution in [-0.2, 0) is 10.0 Å². The van der Waals surface area contributed by atoms with Gasteiger partial charge in [-0.25, -0.2) is 18.2 Å². The lowest BCUT2D eigenvalue weighted by Crippen LogP contribution is -2.41. The zero-order valence-corrected chi connectivity index (χ0v) is 19.0. The number of hydrazine groups is 1. The first kappa shape index (κ1) is 23.2. The van der Waals surface area contributed by atoms with E-state index in [-0.39, 0.29) is 16.2 Å². The van der Waals surface area contributed by atoms with Gasteiger partial charge in [-0.05, 0) is 48.5 Å². The summed E-state index contributed by atoms with van der Waals surface area (Å²) in [4.78, 5) is 25.0. The van der Waals surface area contributed by atoms with Gasteiger partial charge in [0.05, 0.1) is 16.3 Å². The highest BCUT2D eigenvalue weighted by atomic mass is 35.5. The van der Waals surface area contributed by atoms with E-state index in [0.29, 0.717) is 16.4 Å². The molecule has 9 nitrogen and oxygen atoms in total. The topological polar surface area (TPSA) is 136 Å². The minimum Gasteiger partial charge on any atom is -0.267 e. The molecule has 0 radical (unpaired) electrons. The maximum atomic E-state index is 12.7. The number of hydrogen-bond acceptors (Lipinski definition) is 5. The van der Waals surface area contributed by atoms with Gasteiger partial charge in [0.1, 0.15) is 0 Å². The first-order valence-corrected chi connectivity index (χ1v) is 11.8. The molecule has 0 saturated carbocycles. The third-order valence-corrected chi connectivity index (χ3v) is 5.96. The molecule has 0 unspecified atom stereocenters. The van der Waals surface area contributed by atoms with Crippen molar-refractivity contribution in [2.75, 3.05) is 0 Å². The Morgan fingerprint density at radius 2 is 1.53 bits per heavy atom. The first-order valence-electron chi connectivity index (χ1n) is 9.87. The van der Waals surface area contributed by atoms with E-state index < -0.39 is 21.8 Å². The molecule has 0 saturated heterocycles. The molecule has 0 fully saturated rings. The van der Waals surface area contributed by atoms with Crippen LogP contribution >= 0.6 is 11.6 Å². The number of nitrogens with zero attached hydrogens (tertiary/aromatic N) is 2. The number of benzene rings is 3. The van der Waals surface area contributed by atoms with Crippen molar-refractivity contribution in [3.8, 4) is 16.9 Å². The van der Waals surface area contributed by atoms with Gasteiger partial charge in [0.2, 0.25) is 10.0 Å². The molecule has 11 heteroatoms. The summed E-state index contributed by atoms with van der Waals surface area (Å²) in [5.74, 6) is -1.19. The van der Waals surface area contributed by atoms with Crippen molar-refractivity contribution >= 4 is 33.4 Å². The number of nitrogens with one attached hydrogen (secondary N) is 2. The fourth-order valence-electron chi connectivity index (χ4n) is 3.16. The van der Waals surface area contributed by atoms with Crippen LogP contribution in [0.25, 0.3) is 16.9 Å². The van der Waals surface area contributed by atoms with Crippen molar-refractivity contribution in [3.63, 3.8) is 0 Å². The quantitative estimate of drug-likeness (QED) is 0.366. The lowest BCUT2D eigenvalue weighted by molar-refractivity contribution is 0.0843. The summed E-state index contributed by atoms with van der Waals surface area (Å²) in [6.07, 6.45) is 0. The minimum atomic E-state index is -3.86. The molecule has 3 aromatic carbocycles. The third kappa shape index (κ3) is 5.15. The zero-order valence-electron chi connectivity index (χ0n) is 17.5. The largest absolute Gasteiger partial charge is 0.290 e. The fraction of sp³-hybridized carbons (Fsp3) is 0. The van der Waals surface area contributed by atoms with Crippen LogP contribution < -0.4 is 16.0 Å². The van der Waals surface area contributed by atoms with Gasteiger partial charge in [-0.15, -0.1) is 0 Å². The van der Waals surface area contributed by atoms with E-state index in [4.69, 9.17) is 16.7 Å². The molecule has 0 aliphatic rings. The monoisotopic (exact) mass is 495 g/mol.